The van der Waals surface area contributed by atoms with E-state index in [2.05, 4.69) is 23.7 Å². The minimum Gasteiger partial charge on any atom is -0.302 e. The number of halogens is 1. The van der Waals surface area contributed by atoms with Crippen molar-refractivity contribution in [2.24, 2.45) is 0 Å². The summed E-state index contributed by atoms with van der Waals surface area (Å²) in [4.78, 5) is 21.9. The van der Waals surface area contributed by atoms with E-state index in [4.69, 9.17) is 5.26 Å². The number of rotatable bonds is 8. The Morgan fingerprint density at radius 1 is 1.09 bits per heavy atom. The van der Waals surface area contributed by atoms with E-state index in [0.717, 1.165) is 19.3 Å². The van der Waals surface area contributed by atoms with Gasteiger partial charge in [0.25, 0.3) is 5.91 Å². The topological polar surface area (TPSA) is 94.4 Å². The predicted octanol–water partition coefficient (Wildman–Crippen LogP) is 3.98. The fourth-order valence-electron chi connectivity index (χ4n) is 3.23. The van der Waals surface area contributed by atoms with E-state index in [-0.39, 0.29) is 23.2 Å². The third-order valence-corrected chi connectivity index (χ3v) is 7.21. The number of hydrogen-bond acceptors (Lipinski definition) is 7. The van der Waals surface area contributed by atoms with Gasteiger partial charge < -0.3 is 4.90 Å². The van der Waals surface area contributed by atoms with Gasteiger partial charge in [0.05, 0.1) is 21.2 Å². The van der Waals surface area contributed by atoms with Crippen LogP contribution in [0.15, 0.2) is 47.4 Å². The van der Waals surface area contributed by atoms with Crippen molar-refractivity contribution in [3.05, 3.63) is 53.6 Å². The Labute approximate surface area is 198 Å². The summed E-state index contributed by atoms with van der Waals surface area (Å²) < 4.78 is 25.1. The number of fused-ring (bicyclic) bond motifs is 1. The maximum absolute atomic E-state index is 13.4. The molecular weight excluding hydrogens is 468 g/mol. The second-order valence-electron chi connectivity index (χ2n) is 7.04. The number of benzene rings is 2. The molecule has 2 aromatic carbocycles. The second-order valence-corrected chi connectivity index (χ2v) is 10.0. The highest BCUT2D eigenvalue weighted by Crippen LogP contribution is 2.33. The Morgan fingerprint density at radius 2 is 1.75 bits per heavy atom. The molecule has 0 spiro atoms. The Balaban J connectivity index is 0.00000363. The summed E-state index contributed by atoms with van der Waals surface area (Å²) in [6, 6.07) is 13.5. The monoisotopic (exact) mass is 492 g/mol. The van der Waals surface area contributed by atoms with Gasteiger partial charge in [-0.2, -0.15) is 5.26 Å². The molecule has 3 rings (SSSR count). The molecule has 1 aromatic heterocycles. The number of hydrogen-bond donors (Lipinski definition) is 0. The highest BCUT2D eigenvalue weighted by Gasteiger charge is 2.24. The third-order valence-electron chi connectivity index (χ3n) is 5.04. The van der Waals surface area contributed by atoms with Crippen molar-refractivity contribution < 1.29 is 13.2 Å². The van der Waals surface area contributed by atoms with Gasteiger partial charge in [-0.3, -0.25) is 9.69 Å². The van der Waals surface area contributed by atoms with Crippen LogP contribution in [-0.4, -0.2) is 56.6 Å². The van der Waals surface area contributed by atoms with Crippen LogP contribution in [0, 0.1) is 11.3 Å². The van der Waals surface area contributed by atoms with Crippen molar-refractivity contribution in [1.82, 2.24) is 9.88 Å². The number of amides is 1. The Bertz CT molecular complexity index is 1230. The van der Waals surface area contributed by atoms with Crippen LogP contribution < -0.4 is 4.90 Å². The quantitative estimate of drug-likeness (QED) is 0.472. The molecule has 0 bridgehead atoms. The van der Waals surface area contributed by atoms with Crippen molar-refractivity contribution in [1.29, 1.82) is 5.26 Å². The number of likely N-dealkylation sites (N-methyl/N-ethyl adjacent to an activating group) is 1. The first-order valence-corrected chi connectivity index (χ1v) is 12.6. The lowest BCUT2D eigenvalue weighted by molar-refractivity contribution is 0.0983. The summed E-state index contributed by atoms with van der Waals surface area (Å²) in [5.41, 5.74) is 1.30. The molecule has 0 radical (unpaired) electrons. The van der Waals surface area contributed by atoms with E-state index in [0.29, 0.717) is 39.6 Å². The molecule has 0 fully saturated rings. The van der Waals surface area contributed by atoms with Crippen molar-refractivity contribution in [2.75, 3.05) is 37.3 Å². The van der Waals surface area contributed by atoms with Crippen LogP contribution in [0.25, 0.3) is 10.2 Å². The first-order chi connectivity index (χ1) is 14.8. The molecule has 0 N–H and O–H groups in total. The fraction of sp³-hybridized carbons (Fsp3) is 0.318. The van der Waals surface area contributed by atoms with Crippen molar-refractivity contribution in [3.63, 3.8) is 0 Å². The zero-order valence-corrected chi connectivity index (χ0v) is 20.6. The predicted molar refractivity (Wildman–Crippen MR) is 131 cm³/mol. The number of carbonyl (C=O) groups excluding carboxylic acids is 1. The van der Waals surface area contributed by atoms with Gasteiger partial charge in [-0.15, -0.1) is 12.4 Å². The van der Waals surface area contributed by atoms with Crippen LogP contribution in [0.5, 0.6) is 0 Å². The first-order valence-electron chi connectivity index (χ1n) is 9.92. The Morgan fingerprint density at radius 3 is 2.31 bits per heavy atom. The average Bonchev–Trinajstić information content (AvgIpc) is 3.19. The number of sulfone groups is 1. The number of carbonyl (C=O) groups is 1. The van der Waals surface area contributed by atoms with Gasteiger partial charge in [0.1, 0.15) is 5.52 Å². The lowest BCUT2D eigenvalue weighted by Gasteiger charge is -2.24. The van der Waals surface area contributed by atoms with E-state index in [1.54, 1.807) is 41.3 Å². The second kappa shape index (κ2) is 10.9. The summed E-state index contributed by atoms with van der Waals surface area (Å²) in [5, 5.41) is 9.47. The lowest BCUT2D eigenvalue weighted by Crippen LogP contribution is -2.38. The van der Waals surface area contributed by atoms with E-state index >= 15 is 0 Å². The number of anilines is 1. The third kappa shape index (κ3) is 5.64. The van der Waals surface area contributed by atoms with Crippen LogP contribution in [0.4, 0.5) is 5.13 Å². The minimum atomic E-state index is -3.45. The molecule has 0 aliphatic rings. The summed E-state index contributed by atoms with van der Waals surface area (Å²) in [6.07, 6.45) is 1.15. The number of nitriles is 1. The normalized spacial score (nSPS) is 11.2. The molecule has 32 heavy (non-hydrogen) atoms. The molecule has 7 nitrogen and oxygen atoms in total. The van der Waals surface area contributed by atoms with Gasteiger partial charge >= 0.3 is 0 Å². The molecule has 0 unspecified atom stereocenters. The van der Waals surface area contributed by atoms with Crippen LogP contribution >= 0.6 is 23.7 Å². The van der Waals surface area contributed by atoms with Gasteiger partial charge in [-0.05, 0) is 49.5 Å². The minimum absolute atomic E-state index is 0. The molecule has 0 saturated carbocycles. The van der Waals surface area contributed by atoms with E-state index in [9.17, 15) is 13.2 Å². The molecule has 10 heteroatoms. The van der Waals surface area contributed by atoms with Gasteiger partial charge in [-0.25, -0.2) is 13.4 Å². The van der Waals surface area contributed by atoms with Crippen molar-refractivity contribution >= 4 is 54.8 Å². The first kappa shape index (κ1) is 25.7. The summed E-state index contributed by atoms with van der Waals surface area (Å²) in [7, 11) is -3.45. The zero-order chi connectivity index (χ0) is 22.6. The Hall–Kier alpha value is -2.51. The van der Waals surface area contributed by atoms with Crippen LogP contribution in [0.3, 0.4) is 0 Å². The number of aromatic nitrogens is 1. The van der Waals surface area contributed by atoms with Gasteiger partial charge in [-0.1, -0.05) is 31.3 Å². The molecule has 0 atom stereocenters. The van der Waals surface area contributed by atoms with Crippen molar-refractivity contribution in [3.8, 4) is 6.07 Å². The molecule has 170 valence electrons. The van der Waals surface area contributed by atoms with E-state index in [1.807, 2.05) is 6.07 Å². The lowest BCUT2D eigenvalue weighted by atomic mass is 10.1. The molecular formula is C22H25ClN4O3S2. The smallest absolute Gasteiger partial charge is 0.260 e. The largest absolute Gasteiger partial charge is 0.302 e. The standard InChI is InChI=1S/C22H24N4O3S2.ClH/c1-4-25(5-2)13-14-26(21(27)17-11-9-16(15-23)10-12-17)22-24-20-18(30-22)7-6-8-19(20)31(3,28)29;/h6-12H,4-5,13-14H2,1-3H3;1H. The number of para-hydroxylation sites is 1. The number of thiazole rings is 1. The molecule has 3 aromatic rings. The molecule has 0 aliphatic carbocycles. The number of nitrogens with zero attached hydrogens (tertiary/aromatic N) is 4. The fourth-order valence-corrected chi connectivity index (χ4v) is 5.15. The van der Waals surface area contributed by atoms with Crippen LogP contribution in [0.2, 0.25) is 0 Å². The van der Waals surface area contributed by atoms with E-state index < -0.39 is 9.84 Å². The van der Waals surface area contributed by atoms with E-state index in [1.165, 1.54) is 17.4 Å². The molecule has 0 aliphatic heterocycles. The van der Waals surface area contributed by atoms with Crippen LogP contribution in [-0.2, 0) is 9.84 Å². The summed E-state index contributed by atoms with van der Waals surface area (Å²) >= 11 is 1.29. The average molecular weight is 493 g/mol. The van der Waals surface area contributed by atoms with Gasteiger partial charge in [0, 0.05) is 24.9 Å². The summed E-state index contributed by atoms with van der Waals surface area (Å²) in [6.45, 7) is 6.90. The molecule has 1 amide bonds. The van der Waals surface area contributed by atoms with Gasteiger partial charge in [0.15, 0.2) is 15.0 Å². The maximum Gasteiger partial charge on any atom is 0.260 e. The van der Waals surface area contributed by atoms with Gasteiger partial charge in [0.2, 0.25) is 0 Å². The molecule has 1 heterocycles. The highest BCUT2D eigenvalue weighted by molar-refractivity contribution is 7.91. The summed E-state index contributed by atoms with van der Waals surface area (Å²) in [5.74, 6) is -0.239. The highest BCUT2D eigenvalue weighted by atomic mass is 35.5. The van der Waals surface area contributed by atoms with Crippen molar-refractivity contribution in [2.45, 2.75) is 18.7 Å². The van der Waals surface area contributed by atoms with Crippen LogP contribution in [0.1, 0.15) is 29.8 Å². The Kier molecular flexibility index (Phi) is 8.75. The zero-order valence-electron chi connectivity index (χ0n) is 18.1. The maximum atomic E-state index is 13.4. The SMILES string of the molecule is CCN(CC)CCN(C(=O)c1ccc(C#N)cc1)c1nc2c(S(C)(=O)=O)cccc2s1.Cl. The molecule has 0 saturated heterocycles.